The molecule has 0 aliphatic rings. The Balaban J connectivity index is 1.79. The van der Waals surface area contributed by atoms with Gasteiger partial charge in [-0.1, -0.05) is 45.8 Å². The SMILES string of the molecule is Cc1ccc(NC(=O)CN(C)C(=O)CCC(=O)c2ccc(Br)cc2)cc1. The zero-order valence-electron chi connectivity index (χ0n) is 14.8. The molecule has 0 heterocycles. The van der Waals surface area contributed by atoms with Crippen molar-refractivity contribution in [3.63, 3.8) is 0 Å². The van der Waals surface area contributed by atoms with Crippen LogP contribution < -0.4 is 5.32 Å². The molecular formula is C20H21BrN2O3. The summed E-state index contributed by atoms with van der Waals surface area (Å²) in [4.78, 5) is 37.6. The minimum atomic E-state index is -0.274. The number of likely N-dealkylation sites (N-methyl/N-ethyl adjacent to an activating group) is 1. The fourth-order valence-electron chi connectivity index (χ4n) is 2.33. The van der Waals surface area contributed by atoms with Crippen molar-refractivity contribution in [3.8, 4) is 0 Å². The van der Waals surface area contributed by atoms with Gasteiger partial charge in [-0.3, -0.25) is 14.4 Å². The van der Waals surface area contributed by atoms with Crippen molar-refractivity contribution in [2.75, 3.05) is 18.9 Å². The second kappa shape index (κ2) is 9.29. The highest BCUT2D eigenvalue weighted by Gasteiger charge is 2.15. The van der Waals surface area contributed by atoms with E-state index >= 15 is 0 Å². The van der Waals surface area contributed by atoms with E-state index < -0.39 is 0 Å². The Labute approximate surface area is 161 Å². The van der Waals surface area contributed by atoms with Crippen LogP contribution in [0.2, 0.25) is 0 Å². The molecule has 2 amide bonds. The molecule has 0 unspecified atom stereocenters. The summed E-state index contributed by atoms with van der Waals surface area (Å²) in [5, 5.41) is 2.75. The van der Waals surface area contributed by atoms with Gasteiger partial charge in [0.15, 0.2) is 5.78 Å². The lowest BCUT2D eigenvalue weighted by Crippen LogP contribution is -2.35. The van der Waals surface area contributed by atoms with Crippen molar-refractivity contribution in [1.29, 1.82) is 0 Å². The fourth-order valence-corrected chi connectivity index (χ4v) is 2.60. The van der Waals surface area contributed by atoms with E-state index in [9.17, 15) is 14.4 Å². The fraction of sp³-hybridized carbons (Fsp3) is 0.250. The summed E-state index contributed by atoms with van der Waals surface area (Å²) >= 11 is 3.32. The topological polar surface area (TPSA) is 66.5 Å². The van der Waals surface area contributed by atoms with Gasteiger partial charge < -0.3 is 10.2 Å². The van der Waals surface area contributed by atoms with Crippen LogP contribution in [0.25, 0.3) is 0 Å². The Bertz CT molecular complexity index is 786. The van der Waals surface area contributed by atoms with Gasteiger partial charge in [-0.25, -0.2) is 0 Å². The van der Waals surface area contributed by atoms with Crippen LogP contribution in [0.1, 0.15) is 28.8 Å². The third-order valence-corrected chi connectivity index (χ3v) is 4.40. The maximum atomic E-state index is 12.2. The molecule has 2 rings (SSSR count). The highest BCUT2D eigenvalue weighted by Crippen LogP contribution is 2.13. The number of carbonyl (C=O) groups is 3. The Morgan fingerprint density at radius 2 is 1.58 bits per heavy atom. The predicted molar refractivity (Wildman–Crippen MR) is 105 cm³/mol. The molecule has 0 atom stereocenters. The quantitative estimate of drug-likeness (QED) is 0.697. The van der Waals surface area contributed by atoms with Crippen LogP contribution in [0.3, 0.4) is 0 Å². The number of rotatable bonds is 7. The summed E-state index contributed by atoms with van der Waals surface area (Å²) in [6.07, 6.45) is 0.188. The molecule has 136 valence electrons. The number of amides is 2. The number of nitrogens with zero attached hydrogens (tertiary/aromatic N) is 1. The summed E-state index contributed by atoms with van der Waals surface area (Å²) in [5.41, 5.74) is 2.36. The zero-order valence-corrected chi connectivity index (χ0v) is 16.4. The van der Waals surface area contributed by atoms with Crippen LogP contribution in [0.5, 0.6) is 0 Å². The standard InChI is InChI=1S/C20H21BrN2O3/c1-14-3-9-17(10-4-14)22-19(25)13-23(2)20(26)12-11-18(24)15-5-7-16(21)8-6-15/h3-10H,11-13H2,1-2H3,(H,22,25). The maximum absolute atomic E-state index is 12.2. The second-order valence-corrected chi connectivity index (χ2v) is 7.01. The molecule has 2 aromatic carbocycles. The van der Waals surface area contributed by atoms with Gasteiger partial charge in [0.2, 0.25) is 11.8 Å². The molecule has 6 heteroatoms. The average molecular weight is 417 g/mol. The van der Waals surface area contributed by atoms with Gasteiger partial charge in [0.1, 0.15) is 0 Å². The highest BCUT2D eigenvalue weighted by atomic mass is 79.9. The lowest BCUT2D eigenvalue weighted by molar-refractivity contribution is -0.133. The van der Waals surface area contributed by atoms with Crippen molar-refractivity contribution < 1.29 is 14.4 Å². The Hall–Kier alpha value is -2.47. The van der Waals surface area contributed by atoms with Gasteiger partial charge in [-0.2, -0.15) is 0 Å². The van der Waals surface area contributed by atoms with Crippen molar-refractivity contribution >= 4 is 39.2 Å². The van der Waals surface area contributed by atoms with Gasteiger partial charge >= 0.3 is 0 Å². The first-order valence-corrected chi connectivity index (χ1v) is 9.03. The summed E-state index contributed by atoms with van der Waals surface area (Å²) in [7, 11) is 1.56. The highest BCUT2D eigenvalue weighted by molar-refractivity contribution is 9.10. The van der Waals surface area contributed by atoms with Crippen LogP contribution in [-0.4, -0.2) is 36.1 Å². The number of ketones is 1. The molecule has 0 radical (unpaired) electrons. The number of hydrogen-bond donors (Lipinski definition) is 1. The summed E-state index contributed by atoms with van der Waals surface area (Å²) in [6.45, 7) is 1.91. The number of carbonyl (C=O) groups excluding carboxylic acids is 3. The Kier molecular flexibility index (Phi) is 7.09. The molecule has 0 aliphatic heterocycles. The smallest absolute Gasteiger partial charge is 0.243 e. The van der Waals surface area contributed by atoms with Crippen molar-refractivity contribution in [3.05, 3.63) is 64.1 Å². The molecular weight excluding hydrogens is 396 g/mol. The minimum Gasteiger partial charge on any atom is -0.336 e. The van der Waals surface area contributed by atoms with Gasteiger partial charge in [0.05, 0.1) is 6.54 Å². The number of hydrogen-bond acceptors (Lipinski definition) is 3. The molecule has 0 saturated carbocycles. The summed E-state index contributed by atoms with van der Waals surface area (Å²) < 4.78 is 0.893. The van der Waals surface area contributed by atoms with Gasteiger partial charge in [0.25, 0.3) is 0 Å². The van der Waals surface area contributed by atoms with E-state index in [0.29, 0.717) is 11.3 Å². The molecule has 5 nitrogen and oxygen atoms in total. The van der Waals surface area contributed by atoms with Crippen LogP contribution in [0.15, 0.2) is 53.0 Å². The molecule has 0 bridgehead atoms. The number of aryl methyl sites for hydroxylation is 1. The van der Waals surface area contributed by atoms with E-state index in [0.717, 1.165) is 10.0 Å². The maximum Gasteiger partial charge on any atom is 0.243 e. The summed E-state index contributed by atoms with van der Waals surface area (Å²) in [5.74, 6) is -0.609. The van der Waals surface area contributed by atoms with E-state index in [1.807, 2.05) is 31.2 Å². The molecule has 1 N–H and O–H groups in total. The molecule has 26 heavy (non-hydrogen) atoms. The normalized spacial score (nSPS) is 10.3. The number of halogens is 1. The number of anilines is 1. The van der Waals surface area contributed by atoms with E-state index in [-0.39, 0.29) is 37.0 Å². The van der Waals surface area contributed by atoms with Gasteiger partial charge in [-0.15, -0.1) is 0 Å². The largest absolute Gasteiger partial charge is 0.336 e. The molecule has 0 aliphatic carbocycles. The third-order valence-electron chi connectivity index (χ3n) is 3.87. The Morgan fingerprint density at radius 1 is 0.962 bits per heavy atom. The van der Waals surface area contributed by atoms with E-state index in [4.69, 9.17) is 0 Å². The molecule has 0 fully saturated rings. The average Bonchev–Trinajstić information content (AvgIpc) is 2.61. The zero-order chi connectivity index (χ0) is 19.1. The molecule has 0 saturated heterocycles. The van der Waals surface area contributed by atoms with E-state index in [1.165, 1.54) is 4.90 Å². The van der Waals surface area contributed by atoms with Gasteiger partial charge in [-0.05, 0) is 31.2 Å². The number of benzene rings is 2. The van der Waals surface area contributed by atoms with Crippen LogP contribution in [0, 0.1) is 6.92 Å². The lowest BCUT2D eigenvalue weighted by Gasteiger charge is -2.16. The van der Waals surface area contributed by atoms with Gasteiger partial charge in [0, 0.05) is 35.6 Å². The van der Waals surface area contributed by atoms with Crippen molar-refractivity contribution in [1.82, 2.24) is 4.90 Å². The van der Waals surface area contributed by atoms with Crippen LogP contribution in [-0.2, 0) is 9.59 Å². The third kappa shape index (κ3) is 6.11. The first kappa shape index (κ1) is 19.8. The monoisotopic (exact) mass is 416 g/mol. The number of Topliss-reactive ketones (excluding diaryl/α,β-unsaturated/α-hetero) is 1. The van der Waals surface area contributed by atoms with E-state index in [2.05, 4.69) is 21.2 Å². The minimum absolute atomic E-state index is 0.0564. The molecule has 2 aromatic rings. The summed E-state index contributed by atoms with van der Waals surface area (Å²) in [6, 6.07) is 14.4. The molecule has 0 aromatic heterocycles. The van der Waals surface area contributed by atoms with E-state index in [1.54, 1.807) is 31.3 Å². The second-order valence-electron chi connectivity index (χ2n) is 6.09. The lowest BCUT2D eigenvalue weighted by atomic mass is 10.1. The Morgan fingerprint density at radius 3 is 2.19 bits per heavy atom. The number of nitrogens with one attached hydrogen (secondary N) is 1. The van der Waals surface area contributed by atoms with Crippen molar-refractivity contribution in [2.24, 2.45) is 0 Å². The van der Waals surface area contributed by atoms with Crippen molar-refractivity contribution in [2.45, 2.75) is 19.8 Å². The van der Waals surface area contributed by atoms with Crippen LogP contribution in [0.4, 0.5) is 5.69 Å². The molecule has 0 spiro atoms. The first-order chi connectivity index (χ1) is 12.3. The van der Waals surface area contributed by atoms with Crippen LogP contribution >= 0.6 is 15.9 Å². The predicted octanol–water partition coefficient (Wildman–Crippen LogP) is 3.82. The first-order valence-electron chi connectivity index (χ1n) is 8.24.